The van der Waals surface area contributed by atoms with Gasteiger partial charge in [0, 0.05) is 12.5 Å². The third-order valence-corrected chi connectivity index (χ3v) is 1.77. The number of hydrogen-bond donors (Lipinski definition) is 0. The molecule has 0 bridgehead atoms. The number of halogens is 1. The molecule has 0 radical (unpaired) electrons. The molecule has 2 unspecified atom stereocenters. The molecule has 0 aromatic rings. The SMILES string of the molecule is O=CC1CCOC(Cl)C1. The van der Waals surface area contributed by atoms with Crippen LogP contribution in [0.25, 0.3) is 0 Å². The average Bonchev–Trinajstić information content (AvgIpc) is 1.88. The summed E-state index contributed by atoms with van der Waals surface area (Å²) in [5.74, 6) is 0.126. The zero-order chi connectivity index (χ0) is 6.69. The van der Waals surface area contributed by atoms with Gasteiger partial charge in [0.05, 0.1) is 0 Å². The minimum Gasteiger partial charge on any atom is -0.362 e. The molecule has 2 atom stereocenters. The van der Waals surface area contributed by atoms with Crippen LogP contribution in [0.5, 0.6) is 0 Å². The smallest absolute Gasteiger partial charge is 0.131 e. The highest BCUT2D eigenvalue weighted by atomic mass is 35.5. The molecule has 1 fully saturated rings. The largest absolute Gasteiger partial charge is 0.362 e. The summed E-state index contributed by atoms with van der Waals surface area (Å²) in [7, 11) is 0. The molecule has 0 saturated carbocycles. The van der Waals surface area contributed by atoms with E-state index < -0.39 is 0 Å². The Bertz CT molecular complexity index is 105. The van der Waals surface area contributed by atoms with Crippen LogP contribution in [0.15, 0.2) is 0 Å². The second-order valence-corrected chi connectivity index (χ2v) is 2.69. The van der Waals surface area contributed by atoms with E-state index in [1.807, 2.05) is 0 Å². The van der Waals surface area contributed by atoms with E-state index in [1.165, 1.54) is 0 Å². The number of carbonyl (C=O) groups is 1. The first-order valence-electron chi connectivity index (χ1n) is 3.04. The van der Waals surface area contributed by atoms with Gasteiger partial charge in [0.1, 0.15) is 11.8 Å². The van der Waals surface area contributed by atoms with Gasteiger partial charge in [0.2, 0.25) is 0 Å². The van der Waals surface area contributed by atoms with Crippen molar-refractivity contribution in [3.05, 3.63) is 0 Å². The predicted octanol–water partition coefficient (Wildman–Crippen LogP) is 1.18. The van der Waals surface area contributed by atoms with Gasteiger partial charge < -0.3 is 9.53 Å². The molecule has 1 aliphatic rings. The topological polar surface area (TPSA) is 26.3 Å². The molecule has 1 rings (SSSR count). The van der Waals surface area contributed by atoms with E-state index in [-0.39, 0.29) is 11.5 Å². The highest BCUT2D eigenvalue weighted by Crippen LogP contribution is 2.20. The van der Waals surface area contributed by atoms with E-state index in [2.05, 4.69) is 0 Å². The predicted molar refractivity (Wildman–Crippen MR) is 34.4 cm³/mol. The first-order chi connectivity index (χ1) is 4.33. The normalized spacial score (nSPS) is 36.1. The maximum absolute atomic E-state index is 10.2. The fourth-order valence-electron chi connectivity index (χ4n) is 0.895. The summed E-state index contributed by atoms with van der Waals surface area (Å²) in [6.45, 7) is 0.623. The Hall–Kier alpha value is -0.0800. The van der Waals surface area contributed by atoms with Crippen molar-refractivity contribution >= 4 is 17.9 Å². The highest BCUT2D eigenvalue weighted by Gasteiger charge is 2.19. The number of hydrogen-bond acceptors (Lipinski definition) is 2. The van der Waals surface area contributed by atoms with Crippen molar-refractivity contribution < 1.29 is 9.53 Å². The van der Waals surface area contributed by atoms with Crippen molar-refractivity contribution in [3.63, 3.8) is 0 Å². The summed E-state index contributed by atoms with van der Waals surface area (Å²) in [6, 6.07) is 0. The monoisotopic (exact) mass is 148 g/mol. The molecule has 0 aliphatic carbocycles. The van der Waals surface area contributed by atoms with Gasteiger partial charge in [0.15, 0.2) is 0 Å². The lowest BCUT2D eigenvalue weighted by molar-refractivity contribution is -0.114. The minimum atomic E-state index is -0.242. The van der Waals surface area contributed by atoms with Crippen LogP contribution in [-0.2, 0) is 9.53 Å². The lowest BCUT2D eigenvalue weighted by Crippen LogP contribution is -2.21. The van der Waals surface area contributed by atoms with Crippen molar-refractivity contribution in [1.29, 1.82) is 0 Å². The highest BCUT2D eigenvalue weighted by molar-refractivity contribution is 6.19. The van der Waals surface area contributed by atoms with Crippen LogP contribution < -0.4 is 0 Å². The molecule has 1 aliphatic heterocycles. The maximum atomic E-state index is 10.2. The van der Waals surface area contributed by atoms with Crippen LogP contribution in [0.1, 0.15) is 12.8 Å². The van der Waals surface area contributed by atoms with E-state index in [1.54, 1.807) is 0 Å². The van der Waals surface area contributed by atoms with Crippen LogP contribution in [0.3, 0.4) is 0 Å². The number of aldehydes is 1. The Morgan fingerprint density at radius 2 is 2.44 bits per heavy atom. The van der Waals surface area contributed by atoms with E-state index >= 15 is 0 Å². The number of carbonyl (C=O) groups excluding carboxylic acids is 1. The number of ether oxygens (including phenoxy) is 1. The molecule has 0 aromatic heterocycles. The van der Waals surface area contributed by atoms with Crippen LogP contribution in [-0.4, -0.2) is 18.5 Å². The Balaban J connectivity index is 2.31. The van der Waals surface area contributed by atoms with Crippen molar-refractivity contribution in [2.75, 3.05) is 6.61 Å². The van der Waals surface area contributed by atoms with Gasteiger partial charge in [-0.15, -0.1) is 0 Å². The number of rotatable bonds is 1. The van der Waals surface area contributed by atoms with Gasteiger partial charge in [-0.3, -0.25) is 0 Å². The lowest BCUT2D eigenvalue weighted by Gasteiger charge is -2.21. The van der Waals surface area contributed by atoms with Crippen LogP contribution in [0, 0.1) is 5.92 Å². The first-order valence-corrected chi connectivity index (χ1v) is 3.47. The van der Waals surface area contributed by atoms with Crippen molar-refractivity contribution in [3.8, 4) is 0 Å². The quantitative estimate of drug-likeness (QED) is 0.412. The van der Waals surface area contributed by atoms with E-state index in [4.69, 9.17) is 16.3 Å². The fraction of sp³-hybridized carbons (Fsp3) is 0.833. The standard InChI is InChI=1S/C6H9ClO2/c7-6-3-5(4-8)1-2-9-6/h4-6H,1-3H2. The summed E-state index contributed by atoms with van der Waals surface area (Å²) in [6.07, 6.45) is 2.45. The van der Waals surface area contributed by atoms with Gasteiger partial charge in [-0.2, -0.15) is 0 Å². The Labute approximate surface area is 59.1 Å². The molecular formula is C6H9ClO2. The van der Waals surface area contributed by atoms with Crippen LogP contribution in [0.4, 0.5) is 0 Å². The molecule has 0 amide bonds. The molecule has 1 heterocycles. The summed E-state index contributed by atoms with van der Waals surface area (Å²) in [5.41, 5.74) is -0.242. The van der Waals surface area contributed by atoms with E-state index in [0.29, 0.717) is 13.0 Å². The molecule has 3 heteroatoms. The van der Waals surface area contributed by atoms with Crippen LogP contribution in [0.2, 0.25) is 0 Å². The maximum Gasteiger partial charge on any atom is 0.131 e. The van der Waals surface area contributed by atoms with Gasteiger partial charge in [-0.25, -0.2) is 0 Å². The zero-order valence-electron chi connectivity index (χ0n) is 5.05. The first kappa shape index (κ1) is 7.03. The third-order valence-electron chi connectivity index (χ3n) is 1.47. The summed E-state index contributed by atoms with van der Waals surface area (Å²) >= 11 is 5.61. The van der Waals surface area contributed by atoms with E-state index in [9.17, 15) is 4.79 Å². The molecule has 0 aromatic carbocycles. The van der Waals surface area contributed by atoms with Gasteiger partial charge in [-0.05, 0) is 12.8 Å². The van der Waals surface area contributed by atoms with Crippen molar-refractivity contribution in [1.82, 2.24) is 0 Å². The second kappa shape index (κ2) is 3.18. The summed E-state index contributed by atoms with van der Waals surface area (Å²) < 4.78 is 5.02. The second-order valence-electron chi connectivity index (χ2n) is 2.20. The molecule has 1 saturated heterocycles. The Kier molecular flexibility index (Phi) is 2.49. The molecular weight excluding hydrogens is 140 g/mol. The van der Waals surface area contributed by atoms with E-state index in [0.717, 1.165) is 12.7 Å². The molecule has 52 valence electrons. The Morgan fingerprint density at radius 1 is 1.67 bits per heavy atom. The minimum absolute atomic E-state index is 0.126. The fourth-order valence-corrected chi connectivity index (χ4v) is 1.21. The molecule has 9 heavy (non-hydrogen) atoms. The average molecular weight is 149 g/mol. The molecule has 0 N–H and O–H groups in total. The van der Waals surface area contributed by atoms with Crippen LogP contribution >= 0.6 is 11.6 Å². The zero-order valence-corrected chi connectivity index (χ0v) is 5.80. The third kappa shape index (κ3) is 1.95. The Morgan fingerprint density at radius 3 is 2.89 bits per heavy atom. The van der Waals surface area contributed by atoms with Gasteiger partial charge >= 0.3 is 0 Å². The summed E-state index contributed by atoms with van der Waals surface area (Å²) in [4.78, 5) is 10.2. The summed E-state index contributed by atoms with van der Waals surface area (Å²) in [5, 5.41) is 0. The van der Waals surface area contributed by atoms with Gasteiger partial charge in [0.25, 0.3) is 0 Å². The van der Waals surface area contributed by atoms with Crippen molar-refractivity contribution in [2.24, 2.45) is 5.92 Å². The van der Waals surface area contributed by atoms with Crippen molar-refractivity contribution in [2.45, 2.75) is 18.4 Å². The molecule has 0 spiro atoms. The lowest BCUT2D eigenvalue weighted by atomic mass is 10.0. The van der Waals surface area contributed by atoms with Gasteiger partial charge in [-0.1, -0.05) is 11.6 Å². The molecule has 2 nitrogen and oxygen atoms in total. The number of alkyl halides is 1.